The van der Waals surface area contributed by atoms with Gasteiger partial charge in [-0.25, -0.2) is 0 Å². The number of hydrogen-bond acceptors (Lipinski definition) is 6. The molecule has 156 valence electrons. The molecule has 3 heterocycles. The molecule has 2 aliphatic heterocycles. The Balaban J connectivity index is 1.23. The first-order valence-corrected chi connectivity index (χ1v) is 12.7. The number of carbonyl (C=O) groups is 1. The summed E-state index contributed by atoms with van der Waals surface area (Å²) in [6.07, 6.45) is 8.64. The lowest BCUT2D eigenvalue weighted by Gasteiger charge is -2.46. The molecule has 2 N–H and O–H groups in total. The second-order valence-corrected chi connectivity index (χ2v) is 10.3. The molecule has 1 spiro atoms. The zero-order valence-electron chi connectivity index (χ0n) is 17.1. The highest BCUT2D eigenvalue weighted by molar-refractivity contribution is 7.96. The molecule has 0 bridgehead atoms. The van der Waals surface area contributed by atoms with Gasteiger partial charge in [-0.3, -0.25) is 9.52 Å². The van der Waals surface area contributed by atoms with Crippen LogP contribution in [0.25, 0.3) is 0 Å². The second kappa shape index (κ2) is 9.04. The molecule has 1 aliphatic carbocycles. The van der Waals surface area contributed by atoms with Crippen LogP contribution in [0.1, 0.15) is 47.9 Å². The normalized spacial score (nSPS) is 26.6. The van der Waals surface area contributed by atoms with Crippen LogP contribution in [0.15, 0.2) is 6.07 Å². The summed E-state index contributed by atoms with van der Waals surface area (Å²) in [5, 5.41) is 3.13. The summed E-state index contributed by atoms with van der Waals surface area (Å²) in [5.74, 6) is 0.841. The predicted molar refractivity (Wildman–Crippen MR) is 117 cm³/mol. The van der Waals surface area contributed by atoms with Crippen molar-refractivity contribution in [2.24, 2.45) is 5.92 Å². The number of likely N-dealkylation sites (tertiary alicyclic amines) is 1. The number of nitrogens with zero attached hydrogens (tertiary/aromatic N) is 1. The summed E-state index contributed by atoms with van der Waals surface area (Å²) in [6, 6.07) is 2.81. The van der Waals surface area contributed by atoms with Gasteiger partial charge in [0.05, 0.1) is 18.8 Å². The minimum atomic E-state index is -0.0194. The molecule has 7 heteroatoms. The number of piperidine rings is 1. The van der Waals surface area contributed by atoms with Gasteiger partial charge < -0.3 is 15.0 Å². The number of amides is 1. The standard InChI is InChI=1S/C21H33N3O2S2/c1-3-17-12-18-19(28-17)4-9-26-21(18)5-7-24(8-6-21)14-15-10-16(11-15)23-20(25)13-22-27-2/h12,15-16,22H,3-11,13-14H2,1-2H3,(H,23,25). The fraction of sp³-hybridized carbons (Fsp3) is 0.762. The van der Waals surface area contributed by atoms with Crippen molar-refractivity contribution in [2.75, 3.05) is 39.0 Å². The highest BCUT2D eigenvalue weighted by Gasteiger charge is 2.42. The van der Waals surface area contributed by atoms with Gasteiger partial charge in [0.15, 0.2) is 0 Å². The van der Waals surface area contributed by atoms with Crippen LogP contribution in [0.5, 0.6) is 0 Å². The van der Waals surface area contributed by atoms with E-state index < -0.39 is 0 Å². The molecule has 1 amide bonds. The lowest BCUT2D eigenvalue weighted by atomic mass is 9.78. The summed E-state index contributed by atoms with van der Waals surface area (Å²) in [6.45, 7) is 6.96. The molecule has 5 nitrogen and oxygen atoms in total. The van der Waals surface area contributed by atoms with E-state index in [9.17, 15) is 4.79 Å². The molecule has 1 aromatic heterocycles. The first-order valence-electron chi connectivity index (χ1n) is 10.7. The quantitative estimate of drug-likeness (QED) is 0.661. The van der Waals surface area contributed by atoms with Crippen LogP contribution in [0.4, 0.5) is 0 Å². The molecule has 0 unspecified atom stereocenters. The van der Waals surface area contributed by atoms with E-state index in [1.807, 2.05) is 17.6 Å². The van der Waals surface area contributed by atoms with Crippen molar-refractivity contribution < 1.29 is 9.53 Å². The predicted octanol–water partition coefficient (Wildman–Crippen LogP) is 2.94. The van der Waals surface area contributed by atoms with E-state index in [4.69, 9.17) is 4.74 Å². The highest BCUT2D eigenvalue weighted by atomic mass is 32.2. The topological polar surface area (TPSA) is 53.6 Å². The number of nitrogens with one attached hydrogen (secondary N) is 2. The van der Waals surface area contributed by atoms with E-state index in [0.29, 0.717) is 12.6 Å². The Hall–Kier alpha value is -0.600. The minimum absolute atomic E-state index is 0.0194. The lowest BCUT2D eigenvalue weighted by Crippen LogP contribution is -2.52. The average Bonchev–Trinajstić information content (AvgIpc) is 3.11. The molecular formula is C21H33N3O2S2. The van der Waals surface area contributed by atoms with Crippen LogP contribution in [0, 0.1) is 5.92 Å². The van der Waals surface area contributed by atoms with Gasteiger partial charge in [0, 0.05) is 41.9 Å². The molecule has 2 fully saturated rings. The van der Waals surface area contributed by atoms with Crippen LogP contribution in [0.3, 0.4) is 0 Å². The van der Waals surface area contributed by atoms with Crippen LogP contribution in [-0.2, 0) is 28.0 Å². The third-order valence-electron chi connectivity index (χ3n) is 6.56. The molecular weight excluding hydrogens is 390 g/mol. The summed E-state index contributed by atoms with van der Waals surface area (Å²) in [5.41, 5.74) is 1.49. The van der Waals surface area contributed by atoms with Crippen molar-refractivity contribution in [1.82, 2.24) is 14.9 Å². The van der Waals surface area contributed by atoms with E-state index in [-0.39, 0.29) is 11.5 Å². The maximum Gasteiger partial charge on any atom is 0.235 e. The molecule has 0 radical (unpaired) electrons. The number of aryl methyl sites for hydroxylation is 1. The SMILES string of the molecule is CCc1cc2c(s1)CCOC21CCN(CC2CC(NC(=O)CNSC)C2)CC1. The monoisotopic (exact) mass is 423 g/mol. The first-order chi connectivity index (χ1) is 13.6. The number of ether oxygens (including phenoxy) is 1. The fourth-order valence-corrected chi connectivity index (χ4v) is 6.39. The van der Waals surface area contributed by atoms with Crippen LogP contribution < -0.4 is 10.0 Å². The Kier molecular flexibility index (Phi) is 6.67. The fourth-order valence-electron chi connectivity index (χ4n) is 4.94. The summed E-state index contributed by atoms with van der Waals surface area (Å²) < 4.78 is 9.41. The van der Waals surface area contributed by atoms with Gasteiger partial charge in [0.2, 0.25) is 5.91 Å². The first kappa shape index (κ1) is 20.7. The van der Waals surface area contributed by atoms with E-state index in [0.717, 1.165) is 64.1 Å². The molecule has 1 aromatic rings. The van der Waals surface area contributed by atoms with Gasteiger partial charge in [-0.15, -0.1) is 11.3 Å². The number of thiophene rings is 1. The molecule has 1 saturated heterocycles. The zero-order chi connectivity index (χ0) is 19.6. The van der Waals surface area contributed by atoms with Crippen LogP contribution >= 0.6 is 23.3 Å². The lowest BCUT2D eigenvalue weighted by molar-refractivity contribution is -0.121. The Morgan fingerprint density at radius 3 is 2.89 bits per heavy atom. The summed E-state index contributed by atoms with van der Waals surface area (Å²) >= 11 is 3.49. The Morgan fingerprint density at radius 1 is 1.39 bits per heavy atom. The number of carbonyl (C=O) groups excluding carboxylic acids is 1. The van der Waals surface area contributed by atoms with Crippen molar-refractivity contribution in [1.29, 1.82) is 0 Å². The van der Waals surface area contributed by atoms with E-state index in [2.05, 4.69) is 27.9 Å². The van der Waals surface area contributed by atoms with Gasteiger partial charge in [0.25, 0.3) is 0 Å². The van der Waals surface area contributed by atoms with Crippen molar-refractivity contribution >= 4 is 29.2 Å². The van der Waals surface area contributed by atoms with Crippen molar-refractivity contribution in [3.63, 3.8) is 0 Å². The number of fused-ring (bicyclic) bond motifs is 2. The molecule has 0 aromatic carbocycles. The van der Waals surface area contributed by atoms with Gasteiger partial charge in [-0.2, -0.15) is 0 Å². The van der Waals surface area contributed by atoms with Gasteiger partial charge in [0.1, 0.15) is 0 Å². The number of hydrogen-bond donors (Lipinski definition) is 2. The van der Waals surface area contributed by atoms with E-state index in [1.165, 1.54) is 28.9 Å². The Bertz CT molecular complexity index is 679. The number of rotatable bonds is 7. The largest absolute Gasteiger partial charge is 0.370 e. The average molecular weight is 424 g/mol. The maximum absolute atomic E-state index is 11.8. The molecule has 1 saturated carbocycles. The molecule has 28 heavy (non-hydrogen) atoms. The molecule has 0 atom stereocenters. The van der Waals surface area contributed by atoms with Crippen molar-refractivity contribution in [2.45, 2.75) is 57.1 Å². The van der Waals surface area contributed by atoms with Crippen molar-refractivity contribution in [3.05, 3.63) is 21.4 Å². The van der Waals surface area contributed by atoms with E-state index >= 15 is 0 Å². The molecule has 4 rings (SSSR count). The smallest absolute Gasteiger partial charge is 0.235 e. The third kappa shape index (κ3) is 4.43. The zero-order valence-corrected chi connectivity index (χ0v) is 18.7. The summed E-state index contributed by atoms with van der Waals surface area (Å²) in [7, 11) is 0. The summed E-state index contributed by atoms with van der Waals surface area (Å²) in [4.78, 5) is 17.5. The Morgan fingerprint density at radius 2 is 2.18 bits per heavy atom. The van der Waals surface area contributed by atoms with Gasteiger partial charge >= 0.3 is 0 Å². The second-order valence-electron chi connectivity index (χ2n) is 8.42. The van der Waals surface area contributed by atoms with Crippen LogP contribution in [0.2, 0.25) is 0 Å². The maximum atomic E-state index is 11.8. The Labute approximate surface area is 177 Å². The van der Waals surface area contributed by atoms with Crippen molar-refractivity contribution in [3.8, 4) is 0 Å². The highest BCUT2D eigenvalue weighted by Crippen LogP contribution is 2.45. The van der Waals surface area contributed by atoms with E-state index in [1.54, 1.807) is 4.88 Å². The van der Waals surface area contributed by atoms with Gasteiger partial charge in [-0.1, -0.05) is 18.9 Å². The third-order valence-corrected chi connectivity index (χ3v) is 8.34. The van der Waals surface area contributed by atoms with Crippen LogP contribution in [-0.4, -0.2) is 55.9 Å². The van der Waals surface area contributed by atoms with Gasteiger partial charge in [-0.05, 0) is 55.9 Å². The minimum Gasteiger partial charge on any atom is -0.370 e. The molecule has 3 aliphatic rings.